The molecule has 0 bridgehead atoms. The molecule has 0 atom stereocenters. The zero-order chi connectivity index (χ0) is 21.2. The van der Waals surface area contributed by atoms with Crippen LogP contribution in [-0.2, 0) is 16.4 Å². The fourth-order valence-corrected chi connectivity index (χ4v) is 3.86. The highest BCUT2D eigenvalue weighted by molar-refractivity contribution is 7.92. The van der Waals surface area contributed by atoms with Gasteiger partial charge >= 0.3 is 0 Å². The molecule has 11 heteroatoms. The number of nitrogens with zero attached hydrogens (tertiary/aromatic N) is 3. The lowest BCUT2D eigenvalue weighted by Crippen LogP contribution is -2.19. The highest BCUT2D eigenvalue weighted by Crippen LogP contribution is 2.24. The van der Waals surface area contributed by atoms with Gasteiger partial charge in [0, 0.05) is 24.9 Å². The van der Waals surface area contributed by atoms with Crippen molar-refractivity contribution in [3.63, 3.8) is 0 Å². The van der Waals surface area contributed by atoms with Crippen LogP contribution in [0.4, 0.5) is 14.5 Å². The van der Waals surface area contributed by atoms with Crippen molar-refractivity contribution in [1.29, 1.82) is 0 Å². The van der Waals surface area contributed by atoms with E-state index in [1.807, 2.05) is 4.72 Å². The van der Waals surface area contributed by atoms with Gasteiger partial charge < -0.3 is 4.74 Å². The van der Waals surface area contributed by atoms with Crippen LogP contribution >= 0.6 is 0 Å². The Morgan fingerprint density at radius 3 is 2.76 bits per heavy atom. The molecule has 154 valence electrons. The number of rotatable bonds is 8. The van der Waals surface area contributed by atoms with Gasteiger partial charge in [-0.15, -0.1) is 5.10 Å². The van der Waals surface area contributed by atoms with Crippen molar-refractivity contribution in [1.82, 2.24) is 14.6 Å². The number of anilines is 1. The minimum atomic E-state index is -3.80. The van der Waals surface area contributed by atoms with E-state index in [1.54, 1.807) is 13.0 Å². The molecule has 3 aromatic rings. The minimum Gasteiger partial charge on any atom is -0.480 e. The van der Waals surface area contributed by atoms with E-state index in [0.29, 0.717) is 23.5 Å². The summed E-state index contributed by atoms with van der Waals surface area (Å²) in [5.74, 6) is -3.11. The molecule has 1 aromatic carbocycles. The van der Waals surface area contributed by atoms with Gasteiger partial charge in [-0.3, -0.25) is 9.52 Å². The molecule has 0 aliphatic rings. The molecule has 0 saturated carbocycles. The Hall–Kier alpha value is -3.08. The van der Waals surface area contributed by atoms with Gasteiger partial charge in [0.25, 0.3) is 0 Å². The second kappa shape index (κ2) is 8.11. The maximum Gasteiger partial charge on any atom is 0.235 e. The maximum atomic E-state index is 14.7. The molecule has 0 saturated heterocycles. The second-order valence-electron chi connectivity index (χ2n) is 6.26. The van der Waals surface area contributed by atoms with Gasteiger partial charge in [-0.1, -0.05) is 6.92 Å². The topological polar surface area (TPSA) is 103 Å². The Balaban J connectivity index is 1.89. The summed E-state index contributed by atoms with van der Waals surface area (Å²) in [5, 5.41) is 4.07. The van der Waals surface area contributed by atoms with Gasteiger partial charge in [0.1, 0.15) is 5.82 Å². The zero-order valence-electron chi connectivity index (χ0n) is 15.6. The van der Waals surface area contributed by atoms with Crippen molar-refractivity contribution in [3.05, 3.63) is 53.4 Å². The summed E-state index contributed by atoms with van der Waals surface area (Å²) in [4.78, 5) is 16.7. The number of hydrogen-bond donors (Lipinski definition) is 1. The van der Waals surface area contributed by atoms with Gasteiger partial charge in [-0.05, 0) is 24.1 Å². The summed E-state index contributed by atoms with van der Waals surface area (Å²) < 4.78 is 61.1. The van der Waals surface area contributed by atoms with E-state index in [2.05, 4.69) is 10.1 Å². The van der Waals surface area contributed by atoms with E-state index in [1.165, 1.54) is 24.0 Å². The minimum absolute atomic E-state index is 0.230. The van der Waals surface area contributed by atoms with Crippen molar-refractivity contribution in [3.8, 4) is 5.88 Å². The molecule has 0 radical (unpaired) electrons. The van der Waals surface area contributed by atoms with Gasteiger partial charge in [0.2, 0.25) is 15.9 Å². The van der Waals surface area contributed by atoms with Crippen molar-refractivity contribution in [2.75, 3.05) is 17.6 Å². The number of Topliss-reactive ketones (excluding diaryl/α,β-unsaturated/α-hetero) is 1. The van der Waals surface area contributed by atoms with E-state index in [9.17, 15) is 22.0 Å². The van der Waals surface area contributed by atoms with Crippen LogP contribution in [0.1, 0.15) is 29.3 Å². The lowest BCUT2D eigenvalue weighted by Gasteiger charge is -2.11. The number of hydrogen-bond acceptors (Lipinski definition) is 6. The van der Waals surface area contributed by atoms with E-state index >= 15 is 0 Å². The molecule has 2 aromatic heterocycles. The number of carbonyl (C=O) groups excluding carboxylic acids is 1. The summed E-state index contributed by atoms with van der Waals surface area (Å²) in [6.07, 6.45) is 2.84. The van der Waals surface area contributed by atoms with Gasteiger partial charge in [-0.2, -0.15) is 0 Å². The third-order valence-electron chi connectivity index (χ3n) is 4.03. The quantitative estimate of drug-likeness (QED) is 0.558. The number of methoxy groups -OCH3 is 1. The number of benzene rings is 1. The third-order valence-corrected chi connectivity index (χ3v) is 5.50. The lowest BCUT2D eigenvalue weighted by molar-refractivity contribution is 0.0984. The molecule has 8 nitrogen and oxygen atoms in total. The molecule has 3 rings (SSSR count). The Bertz CT molecular complexity index is 1180. The van der Waals surface area contributed by atoms with Crippen LogP contribution in [0.2, 0.25) is 0 Å². The molecule has 0 aliphatic carbocycles. The first kappa shape index (κ1) is 20.6. The molecule has 29 heavy (non-hydrogen) atoms. The van der Waals surface area contributed by atoms with Crippen LogP contribution in [-0.4, -0.2) is 41.7 Å². The van der Waals surface area contributed by atoms with E-state index < -0.39 is 38.7 Å². The number of nitrogens with one attached hydrogen (secondary N) is 1. The van der Waals surface area contributed by atoms with Gasteiger partial charge in [0.05, 0.1) is 24.1 Å². The molecule has 0 aliphatic heterocycles. The highest BCUT2D eigenvalue weighted by Gasteiger charge is 2.23. The number of carbonyl (C=O) groups is 1. The average molecular weight is 424 g/mol. The Kier molecular flexibility index (Phi) is 5.78. The molecule has 2 heterocycles. The van der Waals surface area contributed by atoms with Crippen molar-refractivity contribution < 1.29 is 26.7 Å². The molecule has 1 N–H and O–H groups in total. The Morgan fingerprint density at radius 2 is 2.07 bits per heavy atom. The van der Waals surface area contributed by atoms with Crippen LogP contribution in [0.5, 0.6) is 5.88 Å². The number of fused-ring (bicyclic) bond motifs is 1. The summed E-state index contributed by atoms with van der Waals surface area (Å²) in [7, 11) is -2.36. The van der Waals surface area contributed by atoms with Crippen LogP contribution in [0, 0.1) is 11.6 Å². The van der Waals surface area contributed by atoms with Gasteiger partial charge in [-0.25, -0.2) is 26.7 Å². The summed E-state index contributed by atoms with van der Waals surface area (Å²) in [6, 6.07) is 3.37. The number of ketones is 1. The van der Waals surface area contributed by atoms with E-state index in [4.69, 9.17) is 4.74 Å². The highest BCUT2D eigenvalue weighted by atomic mass is 32.2. The van der Waals surface area contributed by atoms with Crippen LogP contribution < -0.4 is 9.46 Å². The summed E-state index contributed by atoms with van der Waals surface area (Å²) >= 11 is 0. The van der Waals surface area contributed by atoms with Crippen molar-refractivity contribution in [2.45, 2.75) is 19.8 Å². The summed E-state index contributed by atoms with van der Waals surface area (Å²) in [6.45, 7) is 1.65. The fourth-order valence-electron chi connectivity index (χ4n) is 2.73. The maximum absolute atomic E-state index is 14.7. The zero-order valence-corrected chi connectivity index (χ0v) is 16.5. The van der Waals surface area contributed by atoms with Crippen LogP contribution in [0.3, 0.4) is 0 Å². The first-order chi connectivity index (χ1) is 13.7. The predicted octanol–water partition coefficient (Wildman–Crippen LogP) is 2.59. The van der Waals surface area contributed by atoms with Gasteiger partial charge in [0.15, 0.2) is 17.2 Å². The number of ether oxygens (including phenoxy) is 1. The third kappa shape index (κ3) is 4.50. The molecule has 0 unspecified atom stereocenters. The molecule has 0 spiro atoms. The Morgan fingerprint density at radius 1 is 1.31 bits per heavy atom. The normalized spacial score (nSPS) is 11.6. The SMILES string of the molecule is CCCS(=O)(=O)Nc1ccc(F)c(C(=O)Cc2cnc3cc(OC)nn3c2)c1F. The van der Waals surface area contributed by atoms with Crippen molar-refractivity contribution in [2.24, 2.45) is 0 Å². The Labute approximate surface area is 165 Å². The molecular formula is C18H18F2N4O4S. The lowest BCUT2D eigenvalue weighted by atomic mass is 10.0. The van der Waals surface area contributed by atoms with Crippen LogP contribution in [0.15, 0.2) is 30.6 Å². The molecule has 0 fully saturated rings. The van der Waals surface area contributed by atoms with E-state index in [0.717, 1.165) is 12.1 Å². The smallest absolute Gasteiger partial charge is 0.235 e. The standard InChI is InChI=1S/C18H18F2N4O4S/c1-3-6-29(26,27)23-13-5-4-12(19)17(18(13)20)14(25)7-11-9-21-15-8-16(28-2)22-24(15)10-11/h4-5,8-10,23H,3,6-7H2,1-2H3. The largest absolute Gasteiger partial charge is 0.480 e. The first-order valence-electron chi connectivity index (χ1n) is 8.64. The number of sulfonamides is 1. The first-order valence-corrected chi connectivity index (χ1v) is 10.3. The monoisotopic (exact) mass is 424 g/mol. The second-order valence-corrected chi connectivity index (χ2v) is 8.10. The fraction of sp³-hybridized carbons (Fsp3) is 0.278. The van der Waals surface area contributed by atoms with Crippen molar-refractivity contribution >= 4 is 27.1 Å². The predicted molar refractivity (Wildman–Crippen MR) is 102 cm³/mol. The number of aromatic nitrogens is 3. The number of halogens is 2. The molecular weight excluding hydrogens is 406 g/mol. The molecule has 0 amide bonds. The van der Waals surface area contributed by atoms with Crippen LogP contribution in [0.25, 0.3) is 5.65 Å². The average Bonchev–Trinajstić information content (AvgIpc) is 3.06. The van der Waals surface area contributed by atoms with E-state index in [-0.39, 0.29) is 12.2 Å². The summed E-state index contributed by atoms with van der Waals surface area (Å²) in [5.41, 5.74) is -0.458.